The molecule has 0 amide bonds. The average molecular weight is 229 g/mol. The zero-order valence-corrected chi connectivity index (χ0v) is 9.57. The fourth-order valence-corrected chi connectivity index (χ4v) is 2.24. The van der Waals surface area contributed by atoms with E-state index in [1.807, 2.05) is 23.7 Å². The Morgan fingerprint density at radius 3 is 3.12 bits per heavy atom. The number of aryl methyl sites for hydroxylation is 1. The lowest BCUT2D eigenvalue weighted by molar-refractivity contribution is 0.843. The molecule has 0 saturated heterocycles. The normalized spacial score (nSPS) is 9.94. The van der Waals surface area contributed by atoms with Gasteiger partial charge < -0.3 is 0 Å². The fourth-order valence-electron chi connectivity index (χ4n) is 1.39. The lowest BCUT2D eigenvalue weighted by atomic mass is 10.2. The highest BCUT2D eigenvalue weighted by molar-refractivity contribution is 7.09. The highest BCUT2D eigenvalue weighted by atomic mass is 32.1. The second-order valence-electron chi connectivity index (χ2n) is 3.38. The third-order valence-electron chi connectivity index (χ3n) is 2.19. The molecule has 2 aromatic heterocycles. The molecule has 0 aliphatic rings. The third kappa shape index (κ3) is 2.65. The SMILES string of the molecule is N#CCCCc1nc(-c2cccnc2)cs1. The number of thiazole rings is 1. The molecule has 16 heavy (non-hydrogen) atoms. The number of aromatic nitrogens is 2. The minimum atomic E-state index is 0.599. The minimum Gasteiger partial charge on any atom is -0.264 e. The molecule has 0 bridgehead atoms. The van der Waals surface area contributed by atoms with Crippen LogP contribution in [0, 0.1) is 11.3 Å². The monoisotopic (exact) mass is 229 g/mol. The topological polar surface area (TPSA) is 49.6 Å². The van der Waals surface area contributed by atoms with Crippen LogP contribution in [0.15, 0.2) is 29.9 Å². The van der Waals surface area contributed by atoms with E-state index in [0.717, 1.165) is 29.1 Å². The Hall–Kier alpha value is -1.73. The van der Waals surface area contributed by atoms with Crippen molar-refractivity contribution in [2.45, 2.75) is 19.3 Å². The summed E-state index contributed by atoms with van der Waals surface area (Å²) < 4.78 is 0. The minimum absolute atomic E-state index is 0.599. The molecule has 0 spiro atoms. The first-order valence-corrected chi connectivity index (χ1v) is 6.00. The summed E-state index contributed by atoms with van der Waals surface area (Å²) in [7, 11) is 0. The highest BCUT2D eigenvalue weighted by Crippen LogP contribution is 2.21. The van der Waals surface area contributed by atoms with E-state index in [-0.39, 0.29) is 0 Å². The quantitative estimate of drug-likeness (QED) is 0.757. The largest absolute Gasteiger partial charge is 0.264 e. The van der Waals surface area contributed by atoms with Gasteiger partial charge in [0.2, 0.25) is 0 Å². The lowest BCUT2D eigenvalue weighted by Crippen LogP contribution is -1.84. The second kappa shape index (κ2) is 5.38. The van der Waals surface area contributed by atoms with Gasteiger partial charge in [-0.1, -0.05) is 0 Å². The van der Waals surface area contributed by atoms with E-state index in [0.29, 0.717) is 6.42 Å². The van der Waals surface area contributed by atoms with E-state index < -0.39 is 0 Å². The van der Waals surface area contributed by atoms with Crippen LogP contribution in [0.25, 0.3) is 11.3 Å². The molecule has 0 atom stereocenters. The van der Waals surface area contributed by atoms with Crippen LogP contribution >= 0.6 is 11.3 Å². The van der Waals surface area contributed by atoms with Gasteiger partial charge in [-0.05, 0) is 18.6 Å². The van der Waals surface area contributed by atoms with Gasteiger partial charge in [0.1, 0.15) is 0 Å². The Bertz CT molecular complexity index is 484. The van der Waals surface area contributed by atoms with Gasteiger partial charge in [0.15, 0.2) is 0 Å². The van der Waals surface area contributed by atoms with Gasteiger partial charge in [-0.25, -0.2) is 4.98 Å². The summed E-state index contributed by atoms with van der Waals surface area (Å²) in [6.07, 6.45) is 5.94. The predicted molar refractivity (Wildman–Crippen MR) is 63.9 cm³/mol. The lowest BCUT2D eigenvalue weighted by Gasteiger charge is -1.94. The molecule has 0 aromatic carbocycles. The van der Waals surface area contributed by atoms with Crippen molar-refractivity contribution in [3.05, 3.63) is 34.9 Å². The molecule has 0 N–H and O–H groups in total. The van der Waals surface area contributed by atoms with Crippen LogP contribution in [0.4, 0.5) is 0 Å². The van der Waals surface area contributed by atoms with E-state index in [2.05, 4.69) is 16.0 Å². The van der Waals surface area contributed by atoms with Gasteiger partial charge in [-0.3, -0.25) is 4.98 Å². The molecule has 3 nitrogen and oxygen atoms in total. The molecular weight excluding hydrogens is 218 g/mol. The standard InChI is InChI=1S/C12H11N3S/c13-6-2-1-5-12-15-11(9-16-12)10-4-3-7-14-8-10/h3-4,7-9H,1-2,5H2. The molecule has 0 saturated carbocycles. The third-order valence-corrected chi connectivity index (χ3v) is 3.10. The van der Waals surface area contributed by atoms with Crippen molar-refractivity contribution < 1.29 is 0 Å². The van der Waals surface area contributed by atoms with Crippen molar-refractivity contribution in [1.29, 1.82) is 5.26 Å². The summed E-state index contributed by atoms with van der Waals surface area (Å²) in [6.45, 7) is 0. The molecule has 2 heterocycles. The van der Waals surface area contributed by atoms with Crippen molar-refractivity contribution in [2.75, 3.05) is 0 Å². The van der Waals surface area contributed by atoms with Crippen LogP contribution in [0.5, 0.6) is 0 Å². The summed E-state index contributed by atoms with van der Waals surface area (Å²) in [4.78, 5) is 8.59. The molecule has 0 unspecified atom stereocenters. The number of nitriles is 1. The Morgan fingerprint density at radius 1 is 1.44 bits per heavy atom. The van der Waals surface area contributed by atoms with Crippen molar-refractivity contribution in [1.82, 2.24) is 9.97 Å². The van der Waals surface area contributed by atoms with Gasteiger partial charge in [0.25, 0.3) is 0 Å². The zero-order valence-electron chi connectivity index (χ0n) is 8.76. The maximum absolute atomic E-state index is 8.45. The smallest absolute Gasteiger partial charge is 0.0932 e. The number of hydrogen-bond donors (Lipinski definition) is 0. The van der Waals surface area contributed by atoms with Gasteiger partial charge in [0.05, 0.1) is 16.8 Å². The number of unbranched alkanes of at least 4 members (excludes halogenated alkanes) is 1. The predicted octanol–water partition coefficient (Wildman–Crippen LogP) is 3.05. The maximum atomic E-state index is 8.45. The second-order valence-corrected chi connectivity index (χ2v) is 4.32. The van der Waals surface area contributed by atoms with E-state index in [1.165, 1.54) is 0 Å². The first-order chi connectivity index (χ1) is 7.90. The van der Waals surface area contributed by atoms with Gasteiger partial charge in [-0.15, -0.1) is 11.3 Å². The van der Waals surface area contributed by atoms with Crippen LogP contribution in [-0.4, -0.2) is 9.97 Å². The first kappa shape index (κ1) is 10.8. The van der Waals surface area contributed by atoms with E-state index in [9.17, 15) is 0 Å². The molecule has 0 aliphatic heterocycles. The van der Waals surface area contributed by atoms with Gasteiger partial charge in [-0.2, -0.15) is 5.26 Å². The summed E-state index contributed by atoms with van der Waals surface area (Å²) in [5, 5.41) is 11.6. The molecule has 0 radical (unpaired) electrons. The van der Waals surface area contributed by atoms with Crippen molar-refractivity contribution >= 4 is 11.3 Å². The number of nitrogens with zero attached hydrogens (tertiary/aromatic N) is 3. The molecule has 4 heteroatoms. The van der Waals surface area contributed by atoms with Crippen LogP contribution in [0.2, 0.25) is 0 Å². The van der Waals surface area contributed by atoms with Crippen LogP contribution in [-0.2, 0) is 6.42 Å². The summed E-state index contributed by atoms with van der Waals surface area (Å²) in [6, 6.07) is 6.05. The van der Waals surface area contributed by atoms with Crippen molar-refractivity contribution in [2.24, 2.45) is 0 Å². The number of hydrogen-bond acceptors (Lipinski definition) is 4. The van der Waals surface area contributed by atoms with Crippen molar-refractivity contribution in [3.63, 3.8) is 0 Å². The Balaban J connectivity index is 2.06. The zero-order chi connectivity index (χ0) is 11.2. The Labute approximate surface area is 98.4 Å². The summed E-state index contributed by atoms with van der Waals surface area (Å²) in [5.74, 6) is 0. The first-order valence-electron chi connectivity index (χ1n) is 5.12. The average Bonchev–Trinajstić information content (AvgIpc) is 2.79. The number of rotatable bonds is 4. The van der Waals surface area contributed by atoms with Gasteiger partial charge >= 0.3 is 0 Å². The molecule has 80 valence electrons. The van der Waals surface area contributed by atoms with E-state index in [4.69, 9.17) is 5.26 Å². The Morgan fingerprint density at radius 2 is 2.38 bits per heavy atom. The molecule has 0 aliphatic carbocycles. The molecular formula is C12H11N3S. The van der Waals surface area contributed by atoms with Crippen LogP contribution in [0.1, 0.15) is 17.8 Å². The Kier molecular flexibility index (Phi) is 3.62. The highest BCUT2D eigenvalue weighted by Gasteiger charge is 2.03. The van der Waals surface area contributed by atoms with Gasteiger partial charge in [0, 0.05) is 36.2 Å². The molecule has 2 aromatic rings. The molecule has 2 rings (SSSR count). The van der Waals surface area contributed by atoms with E-state index in [1.54, 1.807) is 17.5 Å². The summed E-state index contributed by atoms with van der Waals surface area (Å²) >= 11 is 1.65. The summed E-state index contributed by atoms with van der Waals surface area (Å²) in [5.41, 5.74) is 2.02. The van der Waals surface area contributed by atoms with Crippen LogP contribution in [0.3, 0.4) is 0 Å². The van der Waals surface area contributed by atoms with E-state index >= 15 is 0 Å². The van der Waals surface area contributed by atoms with Crippen LogP contribution < -0.4 is 0 Å². The van der Waals surface area contributed by atoms with Crippen molar-refractivity contribution in [3.8, 4) is 17.3 Å². The maximum Gasteiger partial charge on any atom is 0.0932 e. The number of pyridine rings is 1. The molecule has 0 fully saturated rings. The fraction of sp³-hybridized carbons (Fsp3) is 0.250.